The Bertz CT molecular complexity index is 1170. The van der Waals surface area contributed by atoms with E-state index in [4.69, 9.17) is 14.2 Å². The number of nitrogens with one attached hydrogen (secondary N) is 1. The molecule has 2 aromatic carbocycles. The standard InChI is InChI=1S/C28H30N2O6S/c1-2-15-34-28(32)29-17-20-6-12-23(13-7-20)27-35-24(19-37-26-5-3-4-14-30(26)33)16-25(36-27)22-10-8-21(18-31)9-11-22/h2-14,24-25,27,31H,1,15-19H2,(H,29,32). The largest absolute Gasteiger partial charge is 0.618 e. The monoisotopic (exact) mass is 522 g/mol. The molecule has 1 aliphatic heterocycles. The molecule has 9 heteroatoms. The van der Waals surface area contributed by atoms with E-state index in [9.17, 15) is 15.1 Å². The summed E-state index contributed by atoms with van der Waals surface area (Å²) in [5.74, 6) is 0.589. The summed E-state index contributed by atoms with van der Waals surface area (Å²) in [6.07, 6.45) is 2.14. The Hall–Kier alpha value is -3.37. The summed E-state index contributed by atoms with van der Waals surface area (Å²) in [6, 6.07) is 20.7. The van der Waals surface area contributed by atoms with Gasteiger partial charge in [-0.3, -0.25) is 0 Å². The van der Waals surface area contributed by atoms with E-state index >= 15 is 0 Å². The Morgan fingerprint density at radius 3 is 2.54 bits per heavy atom. The number of hydrogen-bond acceptors (Lipinski definition) is 7. The van der Waals surface area contributed by atoms with E-state index in [0.29, 0.717) is 23.7 Å². The van der Waals surface area contributed by atoms with Crippen molar-refractivity contribution < 1.29 is 28.8 Å². The second-order valence-corrected chi connectivity index (χ2v) is 9.55. The van der Waals surface area contributed by atoms with Gasteiger partial charge in [0, 0.05) is 36.4 Å². The van der Waals surface area contributed by atoms with Crippen LogP contribution in [0.2, 0.25) is 0 Å². The number of aliphatic hydroxyl groups excluding tert-OH is 1. The van der Waals surface area contributed by atoms with Crippen molar-refractivity contribution in [1.82, 2.24) is 5.32 Å². The molecule has 4 rings (SSSR count). The minimum Gasteiger partial charge on any atom is -0.618 e. The molecule has 37 heavy (non-hydrogen) atoms. The molecule has 0 bridgehead atoms. The maximum absolute atomic E-state index is 12.1. The summed E-state index contributed by atoms with van der Waals surface area (Å²) in [5, 5.41) is 24.8. The van der Waals surface area contributed by atoms with Crippen LogP contribution in [0.15, 0.2) is 90.6 Å². The molecule has 0 radical (unpaired) electrons. The topological polar surface area (TPSA) is 104 Å². The first-order chi connectivity index (χ1) is 18.1. The van der Waals surface area contributed by atoms with Crippen molar-refractivity contribution in [2.45, 2.75) is 43.1 Å². The molecule has 8 nitrogen and oxygen atoms in total. The number of thioether (sulfide) groups is 1. The molecule has 1 aliphatic rings. The Morgan fingerprint density at radius 1 is 1.11 bits per heavy atom. The Labute approximate surface area is 220 Å². The lowest BCUT2D eigenvalue weighted by atomic mass is 10.0. The second-order valence-electron chi connectivity index (χ2n) is 8.51. The molecule has 0 spiro atoms. The van der Waals surface area contributed by atoms with Crippen LogP contribution in [0.3, 0.4) is 0 Å². The molecule has 1 amide bonds. The van der Waals surface area contributed by atoms with E-state index in [1.165, 1.54) is 24.0 Å². The molecule has 1 aromatic heterocycles. The molecule has 1 fully saturated rings. The lowest BCUT2D eigenvalue weighted by molar-refractivity contribution is -0.645. The number of nitrogens with zero attached hydrogens (tertiary/aromatic N) is 1. The number of carbonyl (C=O) groups is 1. The van der Waals surface area contributed by atoms with Gasteiger partial charge in [0.2, 0.25) is 0 Å². The fourth-order valence-electron chi connectivity index (χ4n) is 3.88. The summed E-state index contributed by atoms with van der Waals surface area (Å²) in [5.41, 5.74) is 3.59. The van der Waals surface area contributed by atoms with E-state index in [1.54, 1.807) is 12.1 Å². The lowest BCUT2D eigenvalue weighted by Gasteiger charge is -2.36. The number of carbonyl (C=O) groups excluding carboxylic acids is 1. The van der Waals surface area contributed by atoms with Crippen molar-refractivity contribution in [3.63, 3.8) is 0 Å². The number of ether oxygens (including phenoxy) is 3. The number of benzene rings is 2. The van der Waals surface area contributed by atoms with Crippen LogP contribution >= 0.6 is 11.8 Å². The van der Waals surface area contributed by atoms with Gasteiger partial charge in [0.1, 0.15) is 6.61 Å². The predicted octanol–water partition coefficient (Wildman–Crippen LogP) is 4.56. The highest BCUT2D eigenvalue weighted by Crippen LogP contribution is 2.39. The predicted molar refractivity (Wildman–Crippen MR) is 139 cm³/mol. The fourth-order valence-corrected chi connectivity index (χ4v) is 4.81. The summed E-state index contributed by atoms with van der Waals surface area (Å²) in [7, 11) is 0. The van der Waals surface area contributed by atoms with E-state index < -0.39 is 12.4 Å². The van der Waals surface area contributed by atoms with Crippen LogP contribution in [-0.4, -0.2) is 29.7 Å². The smallest absolute Gasteiger partial charge is 0.407 e. The van der Waals surface area contributed by atoms with Gasteiger partial charge in [0.05, 0.1) is 18.8 Å². The van der Waals surface area contributed by atoms with Crippen LogP contribution < -0.4 is 10.0 Å². The zero-order chi connectivity index (χ0) is 26.0. The molecule has 3 unspecified atom stereocenters. The Kier molecular flexibility index (Phi) is 9.56. The van der Waals surface area contributed by atoms with Crippen LogP contribution in [0, 0.1) is 5.21 Å². The van der Waals surface area contributed by atoms with Crippen LogP contribution in [-0.2, 0) is 27.4 Å². The first-order valence-corrected chi connectivity index (χ1v) is 13.0. The molecular weight excluding hydrogens is 492 g/mol. The normalized spacial score (nSPS) is 19.2. The molecule has 2 N–H and O–H groups in total. The SMILES string of the molecule is C=CCOC(=O)NCc1ccc(C2OC(CSc3cccc[n+]3[O-])CC(c3ccc(CO)cc3)O2)cc1. The molecular formula is C28H30N2O6S. The summed E-state index contributed by atoms with van der Waals surface area (Å²) in [6.45, 7) is 3.98. The quantitative estimate of drug-likeness (QED) is 0.174. The summed E-state index contributed by atoms with van der Waals surface area (Å²) < 4.78 is 18.5. The maximum atomic E-state index is 12.1. The van der Waals surface area contributed by atoms with Crippen molar-refractivity contribution in [3.8, 4) is 0 Å². The summed E-state index contributed by atoms with van der Waals surface area (Å²) in [4.78, 5) is 11.7. The highest BCUT2D eigenvalue weighted by atomic mass is 32.2. The number of aliphatic hydroxyl groups is 1. The average molecular weight is 523 g/mol. The second kappa shape index (κ2) is 13.3. The highest BCUT2D eigenvalue weighted by Gasteiger charge is 2.32. The molecule has 194 valence electrons. The van der Waals surface area contributed by atoms with Crippen molar-refractivity contribution in [2.75, 3.05) is 12.4 Å². The number of alkyl carbamates (subject to hydrolysis) is 1. The first-order valence-electron chi connectivity index (χ1n) is 12.0. The van der Waals surface area contributed by atoms with Crippen LogP contribution in [0.5, 0.6) is 0 Å². The third-order valence-corrected chi connectivity index (χ3v) is 6.99. The Balaban J connectivity index is 1.46. The highest BCUT2D eigenvalue weighted by molar-refractivity contribution is 7.99. The zero-order valence-electron chi connectivity index (χ0n) is 20.3. The number of rotatable bonds is 10. The van der Waals surface area contributed by atoms with Gasteiger partial charge < -0.3 is 29.8 Å². The van der Waals surface area contributed by atoms with Crippen molar-refractivity contribution in [3.05, 3.63) is 113 Å². The van der Waals surface area contributed by atoms with Gasteiger partial charge in [-0.05, 0) is 22.8 Å². The minimum atomic E-state index is -0.600. The fraction of sp³-hybridized carbons (Fsp3) is 0.286. The van der Waals surface area contributed by atoms with Gasteiger partial charge in [0.15, 0.2) is 12.5 Å². The van der Waals surface area contributed by atoms with E-state index in [-0.39, 0.29) is 25.4 Å². The molecule has 1 saturated heterocycles. The number of amides is 1. The van der Waals surface area contributed by atoms with Crippen LogP contribution in [0.4, 0.5) is 4.79 Å². The maximum Gasteiger partial charge on any atom is 0.407 e. The van der Waals surface area contributed by atoms with Gasteiger partial charge in [-0.25, -0.2) is 4.79 Å². The van der Waals surface area contributed by atoms with Crippen LogP contribution in [0.25, 0.3) is 0 Å². The van der Waals surface area contributed by atoms with Crippen molar-refractivity contribution in [1.29, 1.82) is 0 Å². The van der Waals surface area contributed by atoms with Crippen molar-refractivity contribution >= 4 is 17.9 Å². The third kappa shape index (κ3) is 7.56. The van der Waals surface area contributed by atoms with Gasteiger partial charge in [-0.1, -0.05) is 72.9 Å². The average Bonchev–Trinajstić information content (AvgIpc) is 2.94. The van der Waals surface area contributed by atoms with Gasteiger partial charge >= 0.3 is 6.09 Å². The number of hydrogen-bond donors (Lipinski definition) is 2. The third-order valence-electron chi connectivity index (χ3n) is 5.84. The molecule has 2 heterocycles. The van der Waals surface area contributed by atoms with E-state index in [0.717, 1.165) is 27.0 Å². The molecule has 0 aliphatic carbocycles. The van der Waals surface area contributed by atoms with E-state index in [1.807, 2.05) is 54.6 Å². The molecule has 3 atom stereocenters. The number of aromatic nitrogens is 1. The van der Waals surface area contributed by atoms with Gasteiger partial charge in [-0.2, -0.15) is 4.73 Å². The first kappa shape index (κ1) is 26.7. The van der Waals surface area contributed by atoms with Gasteiger partial charge in [-0.15, -0.1) is 0 Å². The molecule has 0 saturated carbocycles. The van der Waals surface area contributed by atoms with E-state index in [2.05, 4.69) is 11.9 Å². The van der Waals surface area contributed by atoms with Crippen molar-refractivity contribution in [2.24, 2.45) is 0 Å². The van der Waals surface area contributed by atoms with Crippen LogP contribution in [0.1, 0.15) is 41.1 Å². The number of pyridine rings is 1. The Morgan fingerprint density at radius 2 is 1.84 bits per heavy atom. The summed E-state index contributed by atoms with van der Waals surface area (Å²) >= 11 is 1.45. The minimum absolute atomic E-state index is 0.0176. The van der Waals surface area contributed by atoms with Gasteiger partial charge in [0.25, 0.3) is 5.03 Å². The zero-order valence-corrected chi connectivity index (χ0v) is 21.1. The lowest BCUT2D eigenvalue weighted by Crippen LogP contribution is -2.32. The molecule has 3 aromatic rings.